The van der Waals surface area contributed by atoms with Gasteiger partial charge >= 0.3 is 5.69 Å². The molecule has 2 rings (SSSR count). The summed E-state index contributed by atoms with van der Waals surface area (Å²) in [5.41, 5.74) is 0.785. The molecular weight excluding hydrogens is 320 g/mol. The van der Waals surface area contributed by atoms with Crippen molar-refractivity contribution in [1.29, 1.82) is 0 Å². The van der Waals surface area contributed by atoms with Gasteiger partial charge in [0.05, 0.1) is 22.2 Å². The normalized spacial score (nSPS) is 10.3. The van der Waals surface area contributed by atoms with Crippen molar-refractivity contribution >= 4 is 38.8 Å². The minimum absolute atomic E-state index is 0.0590. The zero-order valence-electron chi connectivity index (χ0n) is 9.38. The molecule has 1 N–H and O–H groups in total. The van der Waals surface area contributed by atoms with E-state index in [0.717, 1.165) is 10.7 Å². The van der Waals surface area contributed by atoms with Crippen LogP contribution in [0.25, 0.3) is 0 Å². The molecule has 0 fully saturated rings. The average Bonchev–Trinajstić information content (AvgIpc) is 2.73. The van der Waals surface area contributed by atoms with Gasteiger partial charge in [0, 0.05) is 22.1 Å². The number of aryl methyl sites for hydroxylation is 1. The molecule has 0 aliphatic carbocycles. The van der Waals surface area contributed by atoms with E-state index in [1.54, 1.807) is 0 Å². The summed E-state index contributed by atoms with van der Waals surface area (Å²) in [6.07, 6.45) is 1.52. The van der Waals surface area contributed by atoms with Crippen LogP contribution in [0.1, 0.15) is 10.7 Å². The van der Waals surface area contributed by atoms with E-state index in [-0.39, 0.29) is 11.5 Å². The van der Waals surface area contributed by atoms with E-state index in [9.17, 15) is 10.1 Å². The van der Waals surface area contributed by atoms with Gasteiger partial charge in [-0.2, -0.15) is 0 Å². The standard InChI is InChI=1S/C10H9BrN4O2S/c1-6-14-8(5-18-6)4-13-10-9(15(16)17)2-7(11)3-12-10/h2-3,5H,4H2,1H3,(H,12,13). The quantitative estimate of drug-likeness (QED) is 0.688. The van der Waals surface area contributed by atoms with Gasteiger partial charge in [-0.05, 0) is 22.9 Å². The smallest absolute Gasteiger partial charge is 0.312 e. The fraction of sp³-hybridized carbons (Fsp3) is 0.200. The molecule has 2 heterocycles. The molecule has 18 heavy (non-hydrogen) atoms. The van der Waals surface area contributed by atoms with E-state index >= 15 is 0 Å². The summed E-state index contributed by atoms with van der Waals surface area (Å²) in [5.74, 6) is 0.244. The van der Waals surface area contributed by atoms with Crippen molar-refractivity contribution in [2.45, 2.75) is 13.5 Å². The Balaban J connectivity index is 2.16. The number of rotatable bonds is 4. The lowest BCUT2D eigenvalue weighted by atomic mass is 10.4. The van der Waals surface area contributed by atoms with Crippen molar-refractivity contribution < 1.29 is 4.92 Å². The van der Waals surface area contributed by atoms with Gasteiger partial charge in [-0.1, -0.05) is 0 Å². The lowest BCUT2D eigenvalue weighted by molar-refractivity contribution is -0.384. The van der Waals surface area contributed by atoms with Gasteiger partial charge in [0.25, 0.3) is 0 Å². The molecule has 0 radical (unpaired) electrons. The highest BCUT2D eigenvalue weighted by Gasteiger charge is 2.15. The van der Waals surface area contributed by atoms with Crippen LogP contribution in [0.15, 0.2) is 22.1 Å². The number of hydrogen-bond acceptors (Lipinski definition) is 6. The van der Waals surface area contributed by atoms with E-state index in [2.05, 4.69) is 31.2 Å². The highest BCUT2D eigenvalue weighted by Crippen LogP contribution is 2.25. The molecule has 2 aromatic rings. The van der Waals surface area contributed by atoms with Gasteiger partial charge in [0.2, 0.25) is 5.82 Å². The first-order chi connectivity index (χ1) is 8.56. The lowest BCUT2D eigenvalue weighted by Crippen LogP contribution is -2.05. The second-order valence-corrected chi connectivity index (χ2v) is 5.47. The van der Waals surface area contributed by atoms with Crippen molar-refractivity contribution in [2.24, 2.45) is 0 Å². The van der Waals surface area contributed by atoms with Gasteiger partial charge in [-0.25, -0.2) is 9.97 Å². The van der Waals surface area contributed by atoms with Crippen LogP contribution in [-0.2, 0) is 6.54 Å². The minimum Gasteiger partial charge on any atom is -0.359 e. The van der Waals surface area contributed by atoms with Crippen LogP contribution in [0.3, 0.4) is 0 Å². The SMILES string of the molecule is Cc1nc(CNc2ncc(Br)cc2[N+](=O)[O-])cs1. The minimum atomic E-state index is -0.466. The summed E-state index contributed by atoms with van der Waals surface area (Å²) in [5, 5.41) is 16.7. The van der Waals surface area contributed by atoms with E-state index in [1.165, 1.54) is 23.6 Å². The summed E-state index contributed by atoms with van der Waals surface area (Å²) in [4.78, 5) is 18.7. The molecule has 0 aliphatic heterocycles. The molecule has 0 saturated carbocycles. The highest BCUT2D eigenvalue weighted by atomic mass is 79.9. The second kappa shape index (κ2) is 5.40. The van der Waals surface area contributed by atoms with E-state index in [0.29, 0.717) is 11.0 Å². The number of pyridine rings is 1. The van der Waals surface area contributed by atoms with Gasteiger partial charge in [-0.3, -0.25) is 10.1 Å². The molecule has 0 saturated heterocycles. The Kier molecular flexibility index (Phi) is 3.87. The zero-order valence-corrected chi connectivity index (χ0v) is 11.8. The first-order valence-electron chi connectivity index (χ1n) is 5.01. The molecule has 0 amide bonds. The van der Waals surface area contributed by atoms with Crippen molar-refractivity contribution in [3.8, 4) is 0 Å². The lowest BCUT2D eigenvalue weighted by Gasteiger charge is -2.04. The Morgan fingerprint density at radius 2 is 2.39 bits per heavy atom. The fourth-order valence-corrected chi connectivity index (χ4v) is 2.30. The van der Waals surface area contributed by atoms with Gasteiger partial charge in [0.15, 0.2) is 0 Å². The predicted molar refractivity (Wildman–Crippen MR) is 72.8 cm³/mol. The molecule has 0 aromatic carbocycles. The zero-order chi connectivity index (χ0) is 13.1. The maximum atomic E-state index is 10.9. The first kappa shape index (κ1) is 12.9. The molecule has 0 atom stereocenters. The number of anilines is 1. The third-order valence-electron chi connectivity index (χ3n) is 2.13. The van der Waals surface area contributed by atoms with Crippen molar-refractivity contribution in [3.05, 3.63) is 42.9 Å². The Bertz CT molecular complexity index is 587. The first-order valence-corrected chi connectivity index (χ1v) is 6.68. The van der Waals surface area contributed by atoms with Crippen LogP contribution in [-0.4, -0.2) is 14.9 Å². The van der Waals surface area contributed by atoms with Crippen LogP contribution in [0.2, 0.25) is 0 Å². The van der Waals surface area contributed by atoms with Crippen molar-refractivity contribution in [3.63, 3.8) is 0 Å². The molecule has 8 heteroatoms. The number of nitrogens with one attached hydrogen (secondary N) is 1. The number of halogens is 1. The predicted octanol–water partition coefficient (Wildman–Crippen LogP) is 3.13. The molecule has 2 aromatic heterocycles. The number of nitrogens with zero attached hydrogens (tertiary/aromatic N) is 3. The van der Waals surface area contributed by atoms with Gasteiger partial charge < -0.3 is 5.32 Å². The Hall–Kier alpha value is -1.54. The summed E-state index contributed by atoms with van der Waals surface area (Å²) in [6, 6.07) is 1.42. The van der Waals surface area contributed by atoms with Crippen molar-refractivity contribution in [2.75, 3.05) is 5.32 Å². The molecule has 0 unspecified atom stereocenters. The summed E-state index contributed by atoms with van der Waals surface area (Å²) < 4.78 is 0.573. The average molecular weight is 329 g/mol. The Morgan fingerprint density at radius 1 is 1.61 bits per heavy atom. The largest absolute Gasteiger partial charge is 0.359 e. The molecule has 0 aliphatic rings. The van der Waals surface area contributed by atoms with E-state index in [1.807, 2.05) is 12.3 Å². The van der Waals surface area contributed by atoms with Crippen LogP contribution in [0, 0.1) is 17.0 Å². The van der Waals surface area contributed by atoms with Crippen LogP contribution in [0.4, 0.5) is 11.5 Å². The Labute approximate surface area is 115 Å². The van der Waals surface area contributed by atoms with Crippen molar-refractivity contribution in [1.82, 2.24) is 9.97 Å². The van der Waals surface area contributed by atoms with Gasteiger partial charge in [0.1, 0.15) is 0 Å². The maximum absolute atomic E-state index is 10.9. The maximum Gasteiger partial charge on any atom is 0.312 e. The molecule has 0 spiro atoms. The molecular formula is C10H9BrN4O2S. The number of aromatic nitrogens is 2. The number of thiazole rings is 1. The third kappa shape index (κ3) is 3.02. The van der Waals surface area contributed by atoms with E-state index < -0.39 is 4.92 Å². The summed E-state index contributed by atoms with van der Waals surface area (Å²) in [6.45, 7) is 2.33. The molecule has 94 valence electrons. The Morgan fingerprint density at radius 3 is 3.00 bits per heavy atom. The number of hydrogen-bond donors (Lipinski definition) is 1. The van der Waals surface area contributed by atoms with Crippen LogP contribution in [0.5, 0.6) is 0 Å². The monoisotopic (exact) mass is 328 g/mol. The number of nitro groups is 1. The van der Waals surface area contributed by atoms with Gasteiger partial charge in [-0.15, -0.1) is 11.3 Å². The summed E-state index contributed by atoms with van der Waals surface area (Å²) >= 11 is 4.70. The van der Waals surface area contributed by atoms with E-state index in [4.69, 9.17) is 0 Å². The topological polar surface area (TPSA) is 81.0 Å². The molecule has 0 bridgehead atoms. The highest BCUT2D eigenvalue weighted by molar-refractivity contribution is 9.10. The third-order valence-corrected chi connectivity index (χ3v) is 3.39. The van der Waals surface area contributed by atoms with Crippen LogP contribution >= 0.6 is 27.3 Å². The summed E-state index contributed by atoms with van der Waals surface area (Å²) in [7, 11) is 0. The fourth-order valence-electron chi connectivity index (χ4n) is 1.37. The van der Waals surface area contributed by atoms with Crippen LogP contribution < -0.4 is 5.32 Å². The molecule has 6 nitrogen and oxygen atoms in total. The second-order valence-electron chi connectivity index (χ2n) is 3.49.